The molecule has 0 aliphatic carbocycles. The topological polar surface area (TPSA) is 43.8 Å². The fourth-order valence-electron chi connectivity index (χ4n) is 1.26. The number of nitrogen functional groups attached to an aromatic ring is 1. The molecule has 2 aromatic heterocycles. The summed E-state index contributed by atoms with van der Waals surface area (Å²) in [7, 11) is 0. The van der Waals surface area contributed by atoms with E-state index in [0.717, 1.165) is 6.54 Å². The molecule has 0 aliphatic rings. The van der Waals surface area contributed by atoms with E-state index in [1.54, 1.807) is 17.7 Å². The minimum Gasteiger partial charge on any atom is -0.382 e. The molecule has 0 fully saturated rings. The Morgan fingerprint density at radius 2 is 2.46 bits per heavy atom. The Morgan fingerprint density at radius 1 is 1.62 bits per heavy atom. The van der Waals surface area contributed by atoms with Gasteiger partial charge in [-0.1, -0.05) is 0 Å². The molecule has 2 aromatic rings. The van der Waals surface area contributed by atoms with Crippen LogP contribution in [0.1, 0.15) is 10.4 Å². The quantitative estimate of drug-likeness (QED) is 0.791. The van der Waals surface area contributed by atoms with Crippen LogP contribution in [0.2, 0.25) is 0 Å². The molecule has 0 bridgehead atoms. The second-order valence-corrected chi connectivity index (χ2v) is 4.15. The van der Waals surface area contributed by atoms with Gasteiger partial charge in [0.2, 0.25) is 0 Å². The molecule has 0 saturated heterocycles. The van der Waals surface area contributed by atoms with Crippen molar-refractivity contribution in [2.24, 2.45) is 0 Å². The van der Waals surface area contributed by atoms with Gasteiger partial charge in [-0.25, -0.2) is 4.98 Å². The lowest BCUT2D eigenvalue weighted by molar-refractivity contribution is 0.800. The first-order valence-corrected chi connectivity index (χ1v) is 4.93. The molecule has 0 unspecified atom stereocenters. The van der Waals surface area contributed by atoms with E-state index in [-0.39, 0.29) is 0 Å². The normalized spacial score (nSPS) is 10.5. The Kier molecular flexibility index (Phi) is 2.06. The number of imidazole rings is 1. The van der Waals surface area contributed by atoms with E-state index in [0.29, 0.717) is 5.82 Å². The molecule has 0 spiro atoms. The SMILES string of the molecule is Cc1cc(Cn2cnc(N)c2)cs1. The molecule has 3 nitrogen and oxygen atoms in total. The molecule has 2 heterocycles. The van der Waals surface area contributed by atoms with Crippen LogP contribution in [0.4, 0.5) is 5.82 Å². The number of rotatable bonds is 2. The van der Waals surface area contributed by atoms with E-state index in [4.69, 9.17) is 5.73 Å². The lowest BCUT2D eigenvalue weighted by atomic mass is 10.3. The maximum atomic E-state index is 5.51. The molecule has 0 aromatic carbocycles. The maximum Gasteiger partial charge on any atom is 0.141 e. The monoisotopic (exact) mass is 193 g/mol. The fourth-order valence-corrected chi connectivity index (χ4v) is 1.95. The molecule has 2 N–H and O–H groups in total. The van der Waals surface area contributed by atoms with E-state index in [1.807, 2.05) is 10.8 Å². The number of aryl methyl sites for hydroxylation is 1. The Bertz CT molecular complexity index is 364. The highest BCUT2D eigenvalue weighted by molar-refractivity contribution is 7.10. The van der Waals surface area contributed by atoms with E-state index in [9.17, 15) is 0 Å². The van der Waals surface area contributed by atoms with Crippen molar-refractivity contribution in [1.82, 2.24) is 9.55 Å². The van der Waals surface area contributed by atoms with Gasteiger partial charge in [0.25, 0.3) is 0 Å². The first kappa shape index (κ1) is 8.31. The highest BCUT2D eigenvalue weighted by atomic mass is 32.1. The van der Waals surface area contributed by atoms with E-state index >= 15 is 0 Å². The Hall–Kier alpha value is -1.29. The summed E-state index contributed by atoms with van der Waals surface area (Å²) in [6.45, 7) is 2.96. The van der Waals surface area contributed by atoms with E-state index in [2.05, 4.69) is 23.4 Å². The first-order chi connectivity index (χ1) is 6.24. The summed E-state index contributed by atoms with van der Waals surface area (Å²) < 4.78 is 1.98. The van der Waals surface area contributed by atoms with Crippen molar-refractivity contribution in [2.45, 2.75) is 13.5 Å². The third-order valence-electron chi connectivity index (χ3n) is 1.80. The zero-order valence-corrected chi connectivity index (χ0v) is 8.21. The van der Waals surface area contributed by atoms with Crippen LogP contribution >= 0.6 is 11.3 Å². The molecule has 0 radical (unpaired) electrons. The zero-order valence-electron chi connectivity index (χ0n) is 7.40. The predicted molar refractivity (Wildman–Crippen MR) is 54.8 cm³/mol. The van der Waals surface area contributed by atoms with Crippen molar-refractivity contribution in [3.05, 3.63) is 34.4 Å². The van der Waals surface area contributed by atoms with Crippen molar-refractivity contribution >= 4 is 17.2 Å². The summed E-state index contributed by atoms with van der Waals surface area (Å²) >= 11 is 1.77. The highest BCUT2D eigenvalue weighted by Crippen LogP contribution is 2.14. The average Bonchev–Trinajstić information content (AvgIpc) is 2.62. The summed E-state index contributed by atoms with van der Waals surface area (Å²) in [6, 6.07) is 2.18. The van der Waals surface area contributed by atoms with Crippen LogP contribution in [0, 0.1) is 6.92 Å². The molecule has 2 rings (SSSR count). The van der Waals surface area contributed by atoms with Gasteiger partial charge in [-0.2, -0.15) is 0 Å². The Morgan fingerprint density at radius 3 is 3.00 bits per heavy atom. The molecule has 0 amide bonds. The van der Waals surface area contributed by atoms with Crippen LogP contribution in [0.25, 0.3) is 0 Å². The van der Waals surface area contributed by atoms with Gasteiger partial charge in [-0.15, -0.1) is 11.3 Å². The van der Waals surface area contributed by atoms with Gasteiger partial charge in [-0.05, 0) is 23.9 Å². The zero-order chi connectivity index (χ0) is 9.26. The number of aromatic nitrogens is 2. The fraction of sp³-hybridized carbons (Fsp3) is 0.222. The Balaban J connectivity index is 2.14. The third kappa shape index (κ3) is 1.89. The summed E-state index contributed by atoms with van der Waals surface area (Å²) in [6.07, 6.45) is 3.59. The minimum absolute atomic E-state index is 0.576. The molecule has 4 heteroatoms. The van der Waals surface area contributed by atoms with Crippen molar-refractivity contribution in [1.29, 1.82) is 0 Å². The molecule has 0 saturated carbocycles. The van der Waals surface area contributed by atoms with Crippen molar-refractivity contribution in [2.75, 3.05) is 5.73 Å². The lowest BCUT2D eigenvalue weighted by Gasteiger charge is -1.96. The number of anilines is 1. The number of thiophene rings is 1. The van der Waals surface area contributed by atoms with Crippen LogP contribution in [-0.2, 0) is 6.54 Å². The van der Waals surface area contributed by atoms with Crippen LogP contribution in [0.5, 0.6) is 0 Å². The van der Waals surface area contributed by atoms with Crippen LogP contribution < -0.4 is 5.73 Å². The minimum atomic E-state index is 0.576. The smallest absolute Gasteiger partial charge is 0.141 e. The average molecular weight is 193 g/mol. The second kappa shape index (κ2) is 3.22. The third-order valence-corrected chi connectivity index (χ3v) is 2.71. The van der Waals surface area contributed by atoms with E-state index in [1.165, 1.54) is 10.4 Å². The van der Waals surface area contributed by atoms with Gasteiger partial charge in [0.1, 0.15) is 5.82 Å². The molecular weight excluding hydrogens is 182 g/mol. The molecule has 13 heavy (non-hydrogen) atoms. The van der Waals surface area contributed by atoms with Crippen molar-refractivity contribution in [3.8, 4) is 0 Å². The van der Waals surface area contributed by atoms with Crippen LogP contribution in [0.3, 0.4) is 0 Å². The highest BCUT2D eigenvalue weighted by Gasteiger charge is 1.98. The lowest BCUT2D eigenvalue weighted by Crippen LogP contribution is -1.94. The van der Waals surface area contributed by atoms with Gasteiger partial charge in [0.15, 0.2) is 0 Å². The van der Waals surface area contributed by atoms with Gasteiger partial charge >= 0.3 is 0 Å². The summed E-state index contributed by atoms with van der Waals surface area (Å²) in [5.74, 6) is 0.576. The predicted octanol–water partition coefficient (Wildman–Crippen LogP) is 1.88. The van der Waals surface area contributed by atoms with Crippen molar-refractivity contribution in [3.63, 3.8) is 0 Å². The molecular formula is C9H11N3S. The number of nitrogens with zero attached hydrogens (tertiary/aromatic N) is 2. The summed E-state index contributed by atoms with van der Waals surface area (Å²) in [5, 5.41) is 2.16. The number of hydrogen-bond acceptors (Lipinski definition) is 3. The second-order valence-electron chi connectivity index (χ2n) is 3.04. The van der Waals surface area contributed by atoms with Gasteiger partial charge in [-0.3, -0.25) is 0 Å². The van der Waals surface area contributed by atoms with Gasteiger partial charge in [0, 0.05) is 17.6 Å². The van der Waals surface area contributed by atoms with Gasteiger partial charge < -0.3 is 10.3 Å². The largest absolute Gasteiger partial charge is 0.382 e. The van der Waals surface area contributed by atoms with Crippen LogP contribution in [0.15, 0.2) is 24.0 Å². The van der Waals surface area contributed by atoms with E-state index < -0.39 is 0 Å². The Labute approximate surface area is 80.8 Å². The molecule has 0 atom stereocenters. The maximum absolute atomic E-state index is 5.51. The summed E-state index contributed by atoms with van der Waals surface area (Å²) in [4.78, 5) is 5.30. The molecule has 68 valence electrons. The summed E-state index contributed by atoms with van der Waals surface area (Å²) in [5.41, 5.74) is 6.81. The number of hydrogen-bond donors (Lipinski definition) is 1. The first-order valence-electron chi connectivity index (χ1n) is 4.05. The number of nitrogens with two attached hydrogens (primary N) is 1. The van der Waals surface area contributed by atoms with Crippen molar-refractivity contribution < 1.29 is 0 Å². The van der Waals surface area contributed by atoms with Crippen LogP contribution in [-0.4, -0.2) is 9.55 Å². The standard InChI is InChI=1S/C9H11N3S/c1-7-2-8(5-13-7)3-12-4-9(10)11-6-12/h2,4-6H,3,10H2,1H3. The molecule has 0 aliphatic heterocycles. The van der Waals surface area contributed by atoms with Gasteiger partial charge in [0.05, 0.1) is 6.33 Å².